The fourth-order valence-electron chi connectivity index (χ4n) is 4.44. The summed E-state index contributed by atoms with van der Waals surface area (Å²) in [5.74, 6) is -1.39. The molecule has 5 nitrogen and oxygen atoms in total. The standard InChI is InChI=1S/C26H21FN2O3/c27-19-11-9-17(10-12-19)24(30)15-26(32)21-6-2-4-8-23(21)29(25(26)31)14-13-18-16-28-22-7-3-1-5-20(18)22/h1-12,16,28,32H,13-15H2. The molecule has 0 spiro atoms. The maximum atomic E-state index is 13.4. The quantitative estimate of drug-likeness (QED) is 0.448. The van der Waals surface area contributed by atoms with E-state index < -0.39 is 29.5 Å². The number of amides is 1. The summed E-state index contributed by atoms with van der Waals surface area (Å²) in [5.41, 5.74) is 1.41. The van der Waals surface area contributed by atoms with Gasteiger partial charge in [0.05, 0.1) is 12.1 Å². The number of ketones is 1. The van der Waals surface area contributed by atoms with Gasteiger partial charge in [-0.15, -0.1) is 0 Å². The Kier molecular flexibility index (Phi) is 4.87. The average molecular weight is 428 g/mol. The summed E-state index contributed by atoms with van der Waals surface area (Å²) in [7, 11) is 0. The first kappa shape index (κ1) is 20.2. The molecule has 4 aromatic rings. The van der Waals surface area contributed by atoms with Gasteiger partial charge >= 0.3 is 0 Å². The van der Waals surface area contributed by atoms with Crippen LogP contribution in [0, 0.1) is 5.82 Å². The Bertz CT molecular complexity index is 1330. The van der Waals surface area contributed by atoms with Crippen molar-refractivity contribution in [1.82, 2.24) is 4.98 Å². The number of halogens is 1. The van der Waals surface area contributed by atoms with Gasteiger partial charge in [-0.25, -0.2) is 4.39 Å². The number of fused-ring (bicyclic) bond motifs is 2. The average Bonchev–Trinajstić information content (AvgIpc) is 3.30. The molecule has 0 saturated heterocycles. The molecule has 1 amide bonds. The van der Waals surface area contributed by atoms with Crippen LogP contribution < -0.4 is 4.90 Å². The van der Waals surface area contributed by atoms with Crippen LogP contribution in [0.5, 0.6) is 0 Å². The van der Waals surface area contributed by atoms with Gasteiger partial charge < -0.3 is 15.0 Å². The zero-order valence-corrected chi connectivity index (χ0v) is 17.2. The van der Waals surface area contributed by atoms with Crippen molar-refractivity contribution in [2.75, 3.05) is 11.4 Å². The van der Waals surface area contributed by atoms with Gasteiger partial charge in [-0.05, 0) is 48.4 Å². The molecule has 1 aliphatic rings. The minimum absolute atomic E-state index is 0.252. The maximum absolute atomic E-state index is 13.4. The second-order valence-corrected chi connectivity index (χ2v) is 8.05. The number of aromatic amines is 1. The number of nitrogens with zero attached hydrogens (tertiary/aromatic N) is 1. The molecule has 0 aliphatic carbocycles. The lowest BCUT2D eigenvalue weighted by Gasteiger charge is -2.23. The fourth-order valence-corrected chi connectivity index (χ4v) is 4.44. The van der Waals surface area contributed by atoms with Crippen molar-refractivity contribution in [3.05, 3.63) is 102 Å². The van der Waals surface area contributed by atoms with Crippen LogP contribution in [0.15, 0.2) is 79.0 Å². The molecule has 3 aromatic carbocycles. The smallest absolute Gasteiger partial charge is 0.264 e. The van der Waals surface area contributed by atoms with Crippen molar-refractivity contribution < 1.29 is 19.1 Å². The highest BCUT2D eigenvalue weighted by Crippen LogP contribution is 2.43. The van der Waals surface area contributed by atoms with Crippen molar-refractivity contribution in [2.24, 2.45) is 0 Å². The van der Waals surface area contributed by atoms with Gasteiger partial charge in [-0.3, -0.25) is 9.59 Å². The number of H-pyrrole nitrogens is 1. The second-order valence-electron chi connectivity index (χ2n) is 8.05. The van der Waals surface area contributed by atoms with E-state index >= 15 is 0 Å². The minimum atomic E-state index is -1.96. The first-order valence-corrected chi connectivity index (χ1v) is 10.4. The number of hydrogen-bond acceptors (Lipinski definition) is 3. The van der Waals surface area contributed by atoms with E-state index in [2.05, 4.69) is 4.98 Å². The number of anilines is 1. The van der Waals surface area contributed by atoms with Gasteiger partial charge in [0.25, 0.3) is 5.91 Å². The summed E-state index contributed by atoms with van der Waals surface area (Å²) in [6.07, 6.45) is 2.12. The molecule has 1 aromatic heterocycles. The summed E-state index contributed by atoms with van der Waals surface area (Å²) < 4.78 is 13.2. The number of rotatable bonds is 6. The van der Waals surface area contributed by atoms with Gasteiger partial charge in [-0.1, -0.05) is 36.4 Å². The van der Waals surface area contributed by atoms with E-state index in [0.717, 1.165) is 16.5 Å². The molecule has 6 heteroatoms. The number of Topliss-reactive ketones (excluding diaryl/α,β-unsaturated/α-hetero) is 1. The van der Waals surface area contributed by atoms with E-state index in [9.17, 15) is 19.1 Å². The van der Waals surface area contributed by atoms with Gasteiger partial charge in [-0.2, -0.15) is 0 Å². The molecule has 0 saturated carbocycles. The van der Waals surface area contributed by atoms with Gasteiger partial charge in [0, 0.05) is 34.8 Å². The Morgan fingerprint density at radius 3 is 2.53 bits per heavy atom. The minimum Gasteiger partial charge on any atom is -0.375 e. The molecule has 1 atom stereocenters. The van der Waals surface area contributed by atoms with Crippen molar-refractivity contribution in [1.29, 1.82) is 0 Å². The Hall–Kier alpha value is -3.77. The number of nitrogens with one attached hydrogen (secondary N) is 1. The number of aromatic nitrogens is 1. The van der Waals surface area contributed by atoms with Gasteiger partial charge in [0.15, 0.2) is 11.4 Å². The first-order chi connectivity index (χ1) is 15.5. The van der Waals surface area contributed by atoms with E-state index in [1.165, 1.54) is 24.3 Å². The van der Waals surface area contributed by atoms with Crippen molar-refractivity contribution >= 4 is 28.3 Å². The second kappa shape index (κ2) is 7.73. The molecule has 5 rings (SSSR count). The Morgan fingerprint density at radius 1 is 1.00 bits per heavy atom. The molecular weight excluding hydrogens is 407 g/mol. The Morgan fingerprint density at radius 2 is 1.72 bits per heavy atom. The van der Waals surface area contributed by atoms with E-state index in [0.29, 0.717) is 24.2 Å². The molecule has 2 heterocycles. The third-order valence-corrected chi connectivity index (χ3v) is 6.10. The third kappa shape index (κ3) is 3.29. The van der Waals surface area contributed by atoms with E-state index in [-0.39, 0.29) is 5.56 Å². The van der Waals surface area contributed by atoms with Crippen LogP contribution in [0.1, 0.15) is 27.9 Å². The van der Waals surface area contributed by atoms with Crippen LogP contribution in [0.3, 0.4) is 0 Å². The zero-order chi connectivity index (χ0) is 22.3. The lowest BCUT2D eigenvalue weighted by molar-refractivity contribution is -0.135. The number of aliphatic hydroxyl groups is 1. The Labute approximate surface area is 184 Å². The maximum Gasteiger partial charge on any atom is 0.264 e. The summed E-state index contributed by atoms with van der Waals surface area (Å²) in [4.78, 5) is 31.0. The topological polar surface area (TPSA) is 73.4 Å². The monoisotopic (exact) mass is 428 g/mol. The largest absolute Gasteiger partial charge is 0.375 e. The molecule has 1 aliphatic heterocycles. The highest BCUT2D eigenvalue weighted by atomic mass is 19.1. The van der Waals surface area contributed by atoms with Crippen LogP contribution in [0.25, 0.3) is 10.9 Å². The fraction of sp³-hybridized carbons (Fsp3) is 0.154. The van der Waals surface area contributed by atoms with E-state index in [1.807, 2.05) is 30.5 Å². The predicted molar refractivity (Wildman–Crippen MR) is 120 cm³/mol. The number of benzene rings is 3. The van der Waals surface area contributed by atoms with Gasteiger partial charge in [0.1, 0.15) is 5.82 Å². The molecule has 0 fully saturated rings. The van der Waals surface area contributed by atoms with Crippen LogP contribution >= 0.6 is 0 Å². The first-order valence-electron chi connectivity index (χ1n) is 10.4. The van der Waals surface area contributed by atoms with Crippen LogP contribution in [0.4, 0.5) is 10.1 Å². The molecule has 1 unspecified atom stereocenters. The normalized spacial score (nSPS) is 17.7. The Balaban J connectivity index is 1.42. The summed E-state index contributed by atoms with van der Waals surface area (Å²) in [6.45, 7) is 0.366. The highest BCUT2D eigenvalue weighted by molar-refractivity contribution is 6.10. The lowest BCUT2D eigenvalue weighted by Crippen LogP contribution is -2.42. The summed E-state index contributed by atoms with van der Waals surface area (Å²) >= 11 is 0. The zero-order valence-electron chi connectivity index (χ0n) is 17.2. The molecule has 0 radical (unpaired) electrons. The number of carbonyl (C=O) groups is 2. The lowest BCUT2D eigenvalue weighted by atomic mass is 9.88. The molecule has 2 N–H and O–H groups in total. The van der Waals surface area contributed by atoms with Crippen LogP contribution in [-0.4, -0.2) is 28.3 Å². The molecule has 32 heavy (non-hydrogen) atoms. The number of carbonyl (C=O) groups excluding carboxylic acids is 2. The summed E-state index contributed by atoms with van der Waals surface area (Å²) in [5, 5.41) is 12.5. The van der Waals surface area contributed by atoms with Gasteiger partial charge in [0.2, 0.25) is 0 Å². The number of para-hydroxylation sites is 2. The summed E-state index contributed by atoms with van der Waals surface area (Å²) in [6, 6.07) is 20.1. The van der Waals surface area contributed by atoms with Crippen LogP contribution in [0.2, 0.25) is 0 Å². The van der Waals surface area contributed by atoms with Crippen LogP contribution in [-0.2, 0) is 16.8 Å². The molecular formula is C26H21FN2O3. The van der Waals surface area contributed by atoms with Crippen molar-refractivity contribution in [3.8, 4) is 0 Å². The third-order valence-electron chi connectivity index (χ3n) is 6.10. The highest BCUT2D eigenvalue weighted by Gasteiger charge is 2.50. The predicted octanol–water partition coefficient (Wildman–Crippen LogP) is 4.36. The van der Waals surface area contributed by atoms with Crippen molar-refractivity contribution in [3.63, 3.8) is 0 Å². The SMILES string of the molecule is O=C(CC1(O)C(=O)N(CCc2c[nH]c3ccccc23)c2ccccc21)c1ccc(F)cc1. The number of hydrogen-bond donors (Lipinski definition) is 2. The molecule has 0 bridgehead atoms. The van der Waals surface area contributed by atoms with E-state index in [1.54, 1.807) is 29.2 Å². The van der Waals surface area contributed by atoms with Crippen molar-refractivity contribution in [2.45, 2.75) is 18.4 Å². The van der Waals surface area contributed by atoms with E-state index in [4.69, 9.17) is 0 Å². The molecule has 160 valence electrons.